The fraction of sp³-hybridized carbons (Fsp3) is 0.100. The standard InChI is InChI=1S/C20H14Cl2N4O4S2/c1-32(28,29)20-26-25-19(31-20)24-18(27)13(10-23)9-12-5-7-14(8-6-12)30-11-15-16(21)3-2-4-17(15)22/h2-9H,11H2,1H3,(H,24,25,27). The average Bonchev–Trinajstić information content (AvgIpc) is 3.21. The lowest BCUT2D eigenvalue weighted by atomic mass is 10.1. The molecule has 0 saturated carbocycles. The number of nitrogens with one attached hydrogen (secondary N) is 1. The molecule has 12 heteroatoms. The predicted molar refractivity (Wildman–Crippen MR) is 122 cm³/mol. The molecule has 0 unspecified atom stereocenters. The monoisotopic (exact) mass is 508 g/mol. The SMILES string of the molecule is CS(=O)(=O)c1nnc(NC(=O)C(C#N)=Cc2ccc(OCc3c(Cl)cccc3Cl)cc2)s1. The van der Waals surface area contributed by atoms with Gasteiger partial charge in [-0.25, -0.2) is 8.42 Å². The zero-order valence-corrected chi connectivity index (χ0v) is 19.5. The summed E-state index contributed by atoms with van der Waals surface area (Å²) in [5.41, 5.74) is 1.05. The number of anilines is 1. The van der Waals surface area contributed by atoms with E-state index in [1.165, 1.54) is 6.08 Å². The minimum Gasteiger partial charge on any atom is -0.489 e. The molecule has 0 atom stereocenters. The summed E-state index contributed by atoms with van der Waals surface area (Å²) in [5.74, 6) is -0.194. The smallest absolute Gasteiger partial charge is 0.268 e. The second-order valence-corrected chi connectivity index (χ2v) is 10.3. The van der Waals surface area contributed by atoms with Crippen molar-refractivity contribution in [2.75, 3.05) is 11.6 Å². The van der Waals surface area contributed by atoms with E-state index < -0.39 is 15.7 Å². The Morgan fingerprint density at radius 3 is 2.41 bits per heavy atom. The second-order valence-electron chi connectivity index (χ2n) is 6.33. The minimum atomic E-state index is -3.54. The van der Waals surface area contributed by atoms with Crippen LogP contribution in [-0.4, -0.2) is 30.8 Å². The fourth-order valence-electron chi connectivity index (χ4n) is 2.38. The molecule has 0 radical (unpaired) electrons. The van der Waals surface area contributed by atoms with Gasteiger partial charge in [0, 0.05) is 21.9 Å². The molecule has 0 aliphatic rings. The maximum absolute atomic E-state index is 12.3. The van der Waals surface area contributed by atoms with Crippen LogP contribution in [0.25, 0.3) is 6.08 Å². The number of nitrogens with zero attached hydrogens (tertiary/aromatic N) is 3. The highest BCUT2D eigenvalue weighted by Gasteiger charge is 2.17. The number of carbonyl (C=O) groups is 1. The Morgan fingerprint density at radius 2 is 1.84 bits per heavy atom. The Kier molecular flexibility index (Phi) is 7.48. The molecule has 0 spiro atoms. The third-order valence-electron chi connectivity index (χ3n) is 3.95. The van der Waals surface area contributed by atoms with Gasteiger partial charge in [0.25, 0.3) is 5.91 Å². The zero-order valence-electron chi connectivity index (χ0n) is 16.4. The van der Waals surface area contributed by atoms with Crippen molar-refractivity contribution in [1.29, 1.82) is 5.26 Å². The van der Waals surface area contributed by atoms with Gasteiger partial charge >= 0.3 is 0 Å². The van der Waals surface area contributed by atoms with E-state index in [1.54, 1.807) is 42.5 Å². The molecule has 0 fully saturated rings. The van der Waals surface area contributed by atoms with Gasteiger partial charge in [0.2, 0.25) is 19.3 Å². The van der Waals surface area contributed by atoms with Crippen LogP contribution in [0.2, 0.25) is 10.0 Å². The summed E-state index contributed by atoms with van der Waals surface area (Å²) in [6.45, 7) is 0.177. The number of hydrogen-bond acceptors (Lipinski definition) is 8. The van der Waals surface area contributed by atoms with E-state index in [0.717, 1.165) is 6.26 Å². The summed E-state index contributed by atoms with van der Waals surface area (Å²) in [6, 6.07) is 13.7. The van der Waals surface area contributed by atoms with Crippen LogP contribution in [0.1, 0.15) is 11.1 Å². The number of benzene rings is 2. The summed E-state index contributed by atoms with van der Waals surface area (Å²) < 4.78 is 28.4. The van der Waals surface area contributed by atoms with Crippen molar-refractivity contribution in [2.45, 2.75) is 10.9 Å². The number of sulfone groups is 1. The number of carbonyl (C=O) groups excluding carboxylic acids is 1. The molecule has 0 aliphatic heterocycles. The Balaban J connectivity index is 1.67. The summed E-state index contributed by atoms with van der Waals surface area (Å²) in [4.78, 5) is 12.3. The molecule has 2 aromatic carbocycles. The van der Waals surface area contributed by atoms with E-state index >= 15 is 0 Å². The number of ether oxygens (including phenoxy) is 1. The van der Waals surface area contributed by atoms with Gasteiger partial charge in [-0.3, -0.25) is 10.1 Å². The topological polar surface area (TPSA) is 122 Å². The third kappa shape index (κ3) is 6.05. The van der Waals surface area contributed by atoms with Gasteiger partial charge < -0.3 is 4.74 Å². The summed E-state index contributed by atoms with van der Waals surface area (Å²) in [6.07, 6.45) is 2.36. The largest absolute Gasteiger partial charge is 0.489 e. The van der Waals surface area contributed by atoms with Gasteiger partial charge in [0.15, 0.2) is 0 Å². The zero-order chi connectivity index (χ0) is 23.3. The predicted octanol–water partition coefficient (Wildman–Crippen LogP) is 4.37. The first-order valence-corrected chi connectivity index (χ1v) is 12.3. The molecule has 32 heavy (non-hydrogen) atoms. The van der Waals surface area contributed by atoms with E-state index in [-0.39, 0.29) is 21.7 Å². The summed E-state index contributed by atoms with van der Waals surface area (Å²) in [7, 11) is -3.54. The first-order chi connectivity index (χ1) is 15.2. The number of aromatic nitrogens is 2. The van der Waals surface area contributed by atoms with Gasteiger partial charge in [0.1, 0.15) is 24.0 Å². The maximum atomic E-state index is 12.3. The van der Waals surface area contributed by atoms with Gasteiger partial charge in [-0.15, -0.1) is 10.2 Å². The van der Waals surface area contributed by atoms with Crippen LogP contribution < -0.4 is 10.1 Å². The number of rotatable bonds is 7. The molecule has 0 bridgehead atoms. The lowest BCUT2D eigenvalue weighted by Gasteiger charge is -2.09. The number of amides is 1. The van der Waals surface area contributed by atoms with E-state index in [1.807, 2.05) is 6.07 Å². The van der Waals surface area contributed by atoms with Gasteiger partial charge in [0.05, 0.1) is 0 Å². The molecule has 1 heterocycles. The first-order valence-electron chi connectivity index (χ1n) is 8.80. The highest BCUT2D eigenvalue weighted by molar-refractivity contribution is 7.92. The number of nitriles is 1. The molecule has 0 aliphatic carbocycles. The summed E-state index contributed by atoms with van der Waals surface area (Å²) >= 11 is 13.0. The quantitative estimate of drug-likeness (QED) is 0.285. The molecule has 8 nitrogen and oxygen atoms in total. The molecule has 1 amide bonds. The van der Waals surface area contributed by atoms with Crippen LogP contribution in [-0.2, 0) is 21.2 Å². The Morgan fingerprint density at radius 1 is 1.19 bits per heavy atom. The molecule has 1 aromatic heterocycles. The minimum absolute atomic E-state index is 0.0291. The van der Waals surface area contributed by atoms with Crippen LogP contribution in [0.15, 0.2) is 52.4 Å². The molecular formula is C20H14Cl2N4O4S2. The number of halogens is 2. The molecule has 1 N–H and O–H groups in total. The van der Waals surface area contributed by atoms with E-state index in [9.17, 15) is 18.5 Å². The van der Waals surface area contributed by atoms with Crippen molar-refractivity contribution in [3.63, 3.8) is 0 Å². The lowest BCUT2D eigenvalue weighted by molar-refractivity contribution is -0.112. The van der Waals surface area contributed by atoms with Crippen molar-refractivity contribution in [3.05, 3.63) is 69.2 Å². The Labute approximate surface area is 198 Å². The maximum Gasteiger partial charge on any atom is 0.268 e. The lowest BCUT2D eigenvalue weighted by Crippen LogP contribution is -2.13. The highest BCUT2D eigenvalue weighted by Crippen LogP contribution is 2.26. The number of hydrogen-bond donors (Lipinski definition) is 1. The van der Waals surface area contributed by atoms with Gasteiger partial charge in [-0.1, -0.05) is 52.7 Å². The van der Waals surface area contributed by atoms with Crippen molar-refractivity contribution in [1.82, 2.24) is 10.2 Å². The Hall–Kier alpha value is -2.97. The van der Waals surface area contributed by atoms with Crippen molar-refractivity contribution < 1.29 is 17.9 Å². The second kappa shape index (κ2) is 10.1. The van der Waals surface area contributed by atoms with Crippen LogP contribution >= 0.6 is 34.5 Å². The van der Waals surface area contributed by atoms with Crippen LogP contribution in [0.4, 0.5) is 5.13 Å². The van der Waals surface area contributed by atoms with Crippen LogP contribution in [0, 0.1) is 11.3 Å². The Bertz CT molecular complexity index is 1310. The average molecular weight is 509 g/mol. The van der Waals surface area contributed by atoms with Crippen molar-refractivity contribution >= 4 is 61.5 Å². The third-order valence-corrected chi connectivity index (χ3v) is 7.16. The molecule has 0 saturated heterocycles. The van der Waals surface area contributed by atoms with E-state index in [0.29, 0.717) is 38.3 Å². The van der Waals surface area contributed by atoms with E-state index in [4.69, 9.17) is 27.9 Å². The van der Waals surface area contributed by atoms with Crippen LogP contribution in [0.3, 0.4) is 0 Å². The molecule has 3 aromatic rings. The molecule has 3 rings (SSSR count). The first kappa shape index (κ1) is 23.7. The highest BCUT2D eigenvalue weighted by atomic mass is 35.5. The normalized spacial score (nSPS) is 11.6. The van der Waals surface area contributed by atoms with Crippen molar-refractivity contribution in [3.8, 4) is 11.8 Å². The van der Waals surface area contributed by atoms with E-state index in [2.05, 4.69) is 15.5 Å². The van der Waals surface area contributed by atoms with Gasteiger partial charge in [-0.2, -0.15) is 5.26 Å². The fourth-order valence-corrected chi connectivity index (χ4v) is 4.39. The summed E-state index contributed by atoms with van der Waals surface area (Å²) in [5, 5.41) is 19.8. The molecular weight excluding hydrogens is 495 g/mol. The molecule has 164 valence electrons. The van der Waals surface area contributed by atoms with Crippen molar-refractivity contribution in [2.24, 2.45) is 0 Å². The van der Waals surface area contributed by atoms with Crippen LogP contribution in [0.5, 0.6) is 5.75 Å². The van der Waals surface area contributed by atoms with Gasteiger partial charge in [-0.05, 0) is 35.9 Å².